The number of hydrogen-bond acceptors (Lipinski definition) is 8. The van der Waals surface area contributed by atoms with E-state index in [4.69, 9.17) is 11.5 Å². The third-order valence-corrected chi connectivity index (χ3v) is 5.95. The zero-order chi connectivity index (χ0) is 26.5. The van der Waals surface area contributed by atoms with Crippen molar-refractivity contribution in [1.82, 2.24) is 0 Å². The molecule has 0 atom stereocenters. The predicted molar refractivity (Wildman–Crippen MR) is 166 cm³/mol. The minimum Gasteiger partial charge on any atom is -0.397 e. The van der Waals surface area contributed by atoms with Gasteiger partial charge in [0.25, 0.3) is 0 Å². The van der Waals surface area contributed by atoms with E-state index in [0.29, 0.717) is 28.4 Å². The average molecular weight is 545 g/mol. The number of nitrogens with zero attached hydrogens (tertiary/aromatic N) is 6. The van der Waals surface area contributed by atoms with Gasteiger partial charge in [0.15, 0.2) is 0 Å². The van der Waals surface area contributed by atoms with Crippen molar-refractivity contribution < 1.29 is 0 Å². The molecule has 5 rings (SSSR count). The number of aryl methyl sites for hydroxylation is 2. The van der Waals surface area contributed by atoms with Crippen molar-refractivity contribution in [1.29, 1.82) is 0 Å². The average Bonchev–Trinajstić information content (AvgIpc) is 2.93. The molecule has 0 aliphatic carbocycles. The maximum atomic E-state index is 6.37. The number of rotatable bonds is 6. The number of nitrogens with two attached hydrogens (primary N) is 2. The van der Waals surface area contributed by atoms with E-state index >= 15 is 0 Å². The third kappa shape index (κ3) is 7.48. The largest absolute Gasteiger partial charge is 0.397 e. The molecule has 5 aromatic rings. The van der Waals surface area contributed by atoms with E-state index in [0.717, 1.165) is 39.0 Å². The monoisotopic (exact) mass is 544 g/mol. The number of fused-ring (bicyclic) bond motifs is 1. The second-order valence-electron chi connectivity index (χ2n) is 8.86. The van der Waals surface area contributed by atoms with Crippen LogP contribution in [0.15, 0.2) is 128 Å². The van der Waals surface area contributed by atoms with Crippen molar-refractivity contribution in [2.75, 3.05) is 11.5 Å². The number of benzene rings is 5. The second-order valence-corrected chi connectivity index (χ2v) is 8.86. The smallest absolute Gasteiger partial charge is 0.134 e. The van der Waals surface area contributed by atoms with Crippen LogP contribution < -0.4 is 11.5 Å². The van der Waals surface area contributed by atoms with Gasteiger partial charge in [-0.05, 0) is 68.4 Å². The Kier molecular flexibility index (Phi) is 11.3. The van der Waals surface area contributed by atoms with E-state index < -0.39 is 0 Å². The Labute approximate surface area is 277 Å². The molecule has 0 aliphatic heterocycles. The fourth-order valence-corrected chi connectivity index (χ4v) is 3.85. The van der Waals surface area contributed by atoms with Crippen LogP contribution in [0.4, 0.5) is 45.5 Å². The Balaban J connectivity index is 0.00000220. The molecule has 8 nitrogen and oxygen atoms in total. The van der Waals surface area contributed by atoms with Gasteiger partial charge in [-0.2, -0.15) is 10.2 Å². The first-order valence-corrected chi connectivity index (χ1v) is 12.1. The fourth-order valence-electron chi connectivity index (χ4n) is 3.85. The quantitative estimate of drug-likeness (QED) is 0.126. The van der Waals surface area contributed by atoms with Crippen LogP contribution in [0.3, 0.4) is 0 Å². The SMILES string of the molecule is Cc1ccc(N=Nc2ccc(N)c(N=Nc3ccc(N=Nc4ccccc4)c4cc(C)ccc34)c2N)cc1.[Na].[Na]. The van der Waals surface area contributed by atoms with E-state index in [1.165, 1.54) is 0 Å². The first-order chi connectivity index (χ1) is 18.5. The number of anilines is 2. The normalized spacial score (nSPS) is 11.2. The molecule has 10 heteroatoms. The summed E-state index contributed by atoms with van der Waals surface area (Å²) in [6, 6.07) is 30.6. The van der Waals surface area contributed by atoms with Gasteiger partial charge in [-0.15, -0.1) is 20.5 Å². The van der Waals surface area contributed by atoms with Crippen molar-refractivity contribution in [2.24, 2.45) is 30.7 Å². The minimum atomic E-state index is 0. The van der Waals surface area contributed by atoms with Crippen LogP contribution in [0.25, 0.3) is 10.8 Å². The molecule has 0 saturated heterocycles. The first kappa shape index (κ1) is 31.3. The van der Waals surface area contributed by atoms with Crippen LogP contribution >= 0.6 is 0 Å². The molecule has 0 unspecified atom stereocenters. The molecule has 4 N–H and O–H groups in total. The molecule has 5 aromatic carbocycles. The van der Waals surface area contributed by atoms with Gasteiger partial charge in [-0.25, -0.2) is 0 Å². The van der Waals surface area contributed by atoms with Crippen molar-refractivity contribution in [2.45, 2.75) is 13.8 Å². The topological polar surface area (TPSA) is 126 Å². The molecule has 0 saturated carbocycles. The summed E-state index contributed by atoms with van der Waals surface area (Å²) in [5.41, 5.74) is 19.2. The van der Waals surface area contributed by atoms with E-state index in [9.17, 15) is 0 Å². The van der Waals surface area contributed by atoms with Gasteiger partial charge in [0.1, 0.15) is 11.4 Å². The Bertz CT molecular complexity index is 1700. The summed E-state index contributed by atoms with van der Waals surface area (Å²) in [7, 11) is 0. The van der Waals surface area contributed by atoms with Gasteiger partial charge in [0.05, 0.1) is 34.1 Å². The number of azo groups is 3. The summed E-state index contributed by atoms with van der Waals surface area (Å²) in [6.07, 6.45) is 0. The molecular formula is C30H26N8Na2. The second kappa shape index (κ2) is 14.4. The fraction of sp³-hybridized carbons (Fsp3) is 0.0667. The summed E-state index contributed by atoms with van der Waals surface area (Å²) < 4.78 is 0. The van der Waals surface area contributed by atoms with E-state index in [-0.39, 0.29) is 59.1 Å². The summed E-state index contributed by atoms with van der Waals surface area (Å²) in [5.74, 6) is 0. The maximum Gasteiger partial charge on any atom is 0.134 e. The zero-order valence-corrected chi connectivity index (χ0v) is 27.1. The van der Waals surface area contributed by atoms with Crippen LogP contribution in [0, 0.1) is 13.8 Å². The Morgan fingerprint density at radius 2 is 1.02 bits per heavy atom. The van der Waals surface area contributed by atoms with Crippen LogP contribution in [-0.4, -0.2) is 59.1 Å². The maximum absolute atomic E-state index is 6.37. The van der Waals surface area contributed by atoms with Crippen molar-refractivity contribution in [3.8, 4) is 0 Å². The van der Waals surface area contributed by atoms with Crippen molar-refractivity contribution >= 4 is 115 Å². The molecule has 40 heavy (non-hydrogen) atoms. The molecule has 0 heterocycles. The van der Waals surface area contributed by atoms with Crippen LogP contribution in [0.5, 0.6) is 0 Å². The molecule has 0 aromatic heterocycles. The van der Waals surface area contributed by atoms with Gasteiger partial charge < -0.3 is 11.5 Å². The molecule has 0 bridgehead atoms. The van der Waals surface area contributed by atoms with Crippen LogP contribution in [0.2, 0.25) is 0 Å². The van der Waals surface area contributed by atoms with Gasteiger partial charge >= 0.3 is 0 Å². The first-order valence-electron chi connectivity index (χ1n) is 12.1. The Hall–Kier alpha value is -3.24. The van der Waals surface area contributed by atoms with Crippen molar-refractivity contribution in [3.63, 3.8) is 0 Å². The predicted octanol–water partition coefficient (Wildman–Crippen LogP) is 9.11. The minimum absolute atomic E-state index is 0. The summed E-state index contributed by atoms with van der Waals surface area (Å²) in [5, 5.41) is 28.2. The molecule has 0 amide bonds. The van der Waals surface area contributed by atoms with E-state index in [1.807, 2.05) is 92.7 Å². The molecule has 0 spiro atoms. The molecule has 188 valence electrons. The van der Waals surface area contributed by atoms with Crippen molar-refractivity contribution in [3.05, 3.63) is 108 Å². The van der Waals surface area contributed by atoms with E-state index in [1.54, 1.807) is 12.1 Å². The van der Waals surface area contributed by atoms with Crippen LogP contribution in [-0.2, 0) is 0 Å². The molecule has 2 radical (unpaired) electrons. The Morgan fingerprint density at radius 3 is 1.73 bits per heavy atom. The van der Waals surface area contributed by atoms with Gasteiger partial charge in [-0.3, -0.25) is 0 Å². The number of nitrogen functional groups attached to an aromatic ring is 2. The number of hydrogen-bond donors (Lipinski definition) is 2. The molecule has 0 aliphatic rings. The van der Waals surface area contributed by atoms with Gasteiger partial charge in [0, 0.05) is 69.9 Å². The van der Waals surface area contributed by atoms with E-state index in [2.05, 4.69) is 36.8 Å². The summed E-state index contributed by atoms with van der Waals surface area (Å²) in [4.78, 5) is 0. The van der Waals surface area contributed by atoms with Gasteiger partial charge in [0.2, 0.25) is 0 Å². The van der Waals surface area contributed by atoms with Gasteiger partial charge in [-0.1, -0.05) is 53.6 Å². The molecular weight excluding hydrogens is 518 g/mol. The Morgan fingerprint density at radius 1 is 0.475 bits per heavy atom. The standard InChI is InChI=1S/C30H26N8.2Na/c1-19-8-11-22(12-9-19)34-37-28-15-14-25(31)30(29(28)32)38-36-26-16-17-27(24-18-20(2)10-13-23(24)26)35-33-21-6-4-3-5-7-21;;/h3-18H,31-32H2,1-2H3;;. The summed E-state index contributed by atoms with van der Waals surface area (Å²) in [6.45, 7) is 4.05. The van der Waals surface area contributed by atoms with Crippen LogP contribution in [0.1, 0.15) is 11.1 Å². The third-order valence-electron chi connectivity index (χ3n) is 5.95. The summed E-state index contributed by atoms with van der Waals surface area (Å²) >= 11 is 0. The zero-order valence-electron chi connectivity index (χ0n) is 23.1. The molecule has 0 fully saturated rings.